The molecule has 0 bridgehead atoms. The summed E-state index contributed by atoms with van der Waals surface area (Å²) in [7, 11) is 0. The second-order valence-corrected chi connectivity index (χ2v) is 8.12. The summed E-state index contributed by atoms with van der Waals surface area (Å²) >= 11 is 1.35. The van der Waals surface area contributed by atoms with Gasteiger partial charge in [-0.25, -0.2) is 0 Å². The summed E-state index contributed by atoms with van der Waals surface area (Å²) in [5.74, 6) is 0.430. The standard InChI is InChI=1S/C19H26N4OS/c1-6-12-23-17(13-8-10-14(11-9-13)19(3,4)5)21-22-18(23)25-15(7-2)16(20)24/h6,8-11,15H,1,7,12H2,2-5H3,(H2,20,24). The molecule has 25 heavy (non-hydrogen) atoms. The Labute approximate surface area is 153 Å². The molecule has 0 spiro atoms. The van der Waals surface area contributed by atoms with Crippen molar-refractivity contribution < 1.29 is 4.79 Å². The van der Waals surface area contributed by atoms with Gasteiger partial charge in [-0.05, 0) is 17.4 Å². The molecule has 6 heteroatoms. The zero-order valence-corrected chi connectivity index (χ0v) is 16.1. The van der Waals surface area contributed by atoms with Crippen LogP contribution in [-0.2, 0) is 16.8 Å². The first kappa shape index (κ1) is 19.2. The molecule has 1 unspecified atom stereocenters. The van der Waals surface area contributed by atoms with Gasteiger partial charge in [-0.3, -0.25) is 9.36 Å². The van der Waals surface area contributed by atoms with Gasteiger partial charge in [0.15, 0.2) is 11.0 Å². The number of nitrogens with zero attached hydrogens (tertiary/aromatic N) is 3. The van der Waals surface area contributed by atoms with Gasteiger partial charge in [0, 0.05) is 12.1 Å². The van der Waals surface area contributed by atoms with E-state index in [1.165, 1.54) is 17.3 Å². The predicted octanol–water partition coefficient (Wildman–Crippen LogP) is 3.78. The number of allylic oxidation sites excluding steroid dienone is 1. The predicted molar refractivity (Wildman–Crippen MR) is 103 cm³/mol. The van der Waals surface area contributed by atoms with Crippen molar-refractivity contribution in [3.63, 3.8) is 0 Å². The number of primary amides is 1. The number of hydrogen-bond acceptors (Lipinski definition) is 4. The maximum absolute atomic E-state index is 11.5. The third-order valence-corrected chi connectivity index (χ3v) is 5.34. The van der Waals surface area contributed by atoms with Crippen LogP contribution in [0.3, 0.4) is 0 Å². The van der Waals surface area contributed by atoms with E-state index in [1.54, 1.807) is 6.08 Å². The van der Waals surface area contributed by atoms with E-state index in [1.807, 2.05) is 11.5 Å². The lowest BCUT2D eigenvalue weighted by atomic mass is 9.87. The van der Waals surface area contributed by atoms with Crippen LogP contribution >= 0.6 is 11.8 Å². The number of thioether (sulfide) groups is 1. The number of benzene rings is 1. The van der Waals surface area contributed by atoms with E-state index in [0.29, 0.717) is 18.1 Å². The molecule has 0 aliphatic heterocycles. The smallest absolute Gasteiger partial charge is 0.231 e. The van der Waals surface area contributed by atoms with Crippen LogP contribution in [0.2, 0.25) is 0 Å². The zero-order valence-electron chi connectivity index (χ0n) is 15.3. The molecule has 1 amide bonds. The highest BCUT2D eigenvalue weighted by Gasteiger charge is 2.21. The average molecular weight is 359 g/mol. The fourth-order valence-electron chi connectivity index (χ4n) is 2.47. The van der Waals surface area contributed by atoms with Crippen LogP contribution < -0.4 is 5.73 Å². The highest BCUT2D eigenvalue weighted by molar-refractivity contribution is 8.00. The Hall–Kier alpha value is -2.08. The molecule has 1 aromatic carbocycles. The van der Waals surface area contributed by atoms with Gasteiger partial charge in [0.1, 0.15) is 0 Å². The van der Waals surface area contributed by atoms with Crippen LogP contribution in [-0.4, -0.2) is 25.9 Å². The van der Waals surface area contributed by atoms with Crippen LogP contribution in [0, 0.1) is 0 Å². The Balaban J connectivity index is 2.38. The van der Waals surface area contributed by atoms with E-state index in [-0.39, 0.29) is 16.6 Å². The van der Waals surface area contributed by atoms with Gasteiger partial charge in [-0.15, -0.1) is 16.8 Å². The quantitative estimate of drug-likeness (QED) is 0.604. The maximum Gasteiger partial charge on any atom is 0.231 e. The molecule has 5 nitrogen and oxygen atoms in total. The first-order valence-electron chi connectivity index (χ1n) is 8.39. The van der Waals surface area contributed by atoms with Gasteiger partial charge in [0.25, 0.3) is 0 Å². The minimum Gasteiger partial charge on any atom is -0.369 e. The summed E-state index contributed by atoms with van der Waals surface area (Å²) in [4.78, 5) is 11.5. The molecule has 1 atom stereocenters. The number of nitrogens with two attached hydrogens (primary N) is 1. The molecule has 134 valence electrons. The van der Waals surface area contributed by atoms with Crippen LogP contribution in [0.25, 0.3) is 11.4 Å². The van der Waals surface area contributed by atoms with Gasteiger partial charge >= 0.3 is 0 Å². The molecule has 2 rings (SSSR count). The third kappa shape index (κ3) is 4.51. The summed E-state index contributed by atoms with van der Waals surface area (Å²) in [5, 5.41) is 8.97. The molecule has 0 radical (unpaired) electrons. The van der Waals surface area contributed by atoms with Crippen LogP contribution in [0.5, 0.6) is 0 Å². The summed E-state index contributed by atoms with van der Waals surface area (Å²) in [6.07, 6.45) is 2.45. The van der Waals surface area contributed by atoms with Crippen molar-refractivity contribution >= 4 is 17.7 Å². The molecule has 2 aromatic rings. The Morgan fingerprint density at radius 2 is 1.96 bits per heavy atom. The fraction of sp³-hybridized carbons (Fsp3) is 0.421. The van der Waals surface area contributed by atoms with E-state index in [4.69, 9.17) is 5.73 Å². The molecular weight excluding hydrogens is 332 g/mol. The monoisotopic (exact) mass is 358 g/mol. The van der Waals surface area contributed by atoms with E-state index in [2.05, 4.69) is 61.8 Å². The van der Waals surface area contributed by atoms with Gasteiger partial charge < -0.3 is 5.73 Å². The summed E-state index contributed by atoms with van der Waals surface area (Å²) in [6, 6.07) is 8.36. The molecule has 0 saturated carbocycles. The van der Waals surface area contributed by atoms with Crippen molar-refractivity contribution in [3.8, 4) is 11.4 Å². The lowest BCUT2D eigenvalue weighted by Gasteiger charge is -2.19. The zero-order chi connectivity index (χ0) is 18.6. The molecule has 0 fully saturated rings. The lowest BCUT2D eigenvalue weighted by Crippen LogP contribution is -2.25. The molecule has 2 N–H and O–H groups in total. The Morgan fingerprint density at radius 1 is 1.32 bits per heavy atom. The average Bonchev–Trinajstić information content (AvgIpc) is 2.94. The minimum absolute atomic E-state index is 0.101. The summed E-state index contributed by atoms with van der Waals surface area (Å²) < 4.78 is 1.97. The molecule has 0 aliphatic rings. The first-order valence-corrected chi connectivity index (χ1v) is 9.26. The number of carbonyl (C=O) groups excluding carboxylic acids is 1. The Bertz CT molecular complexity index is 744. The second-order valence-electron chi connectivity index (χ2n) is 6.95. The number of aromatic nitrogens is 3. The summed E-state index contributed by atoms with van der Waals surface area (Å²) in [6.45, 7) is 12.9. The first-order chi connectivity index (χ1) is 11.8. The van der Waals surface area contributed by atoms with Crippen molar-refractivity contribution in [3.05, 3.63) is 42.5 Å². The van der Waals surface area contributed by atoms with Crippen molar-refractivity contribution in [2.24, 2.45) is 5.73 Å². The van der Waals surface area contributed by atoms with E-state index >= 15 is 0 Å². The Kier molecular flexibility index (Phi) is 6.06. The maximum atomic E-state index is 11.5. The largest absolute Gasteiger partial charge is 0.369 e. The molecule has 0 aliphatic carbocycles. The molecule has 0 saturated heterocycles. The minimum atomic E-state index is -0.336. The summed E-state index contributed by atoms with van der Waals surface area (Å²) in [5.41, 5.74) is 7.81. The molecular formula is C19H26N4OS. The highest BCUT2D eigenvalue weighted by atomic mass is 32.2. The van der Waals surface area contributed by atoms with Gasteiger partial charge in [-0.1, -0.05) is 69.8 Å². The van der Waals surface area contributed by atoms with Crippen LogP contribution in [0.4, 0.5) is 0 Å². The van der Waals surface area contributed by atoms with E-state index in [9.17, 15) is 4.79 Å². The second kappa shape index (κ2) is 7.87. The topological polar surface area (TPSA) is 73.8 Å². The van der Waals surface area contributed by atoms with E-state index < -0.39 is 0 Å². The SMILES string of the molecule is C=CCn1c(SC(CC)C(N)=O)nnc1-c1ccc(C(C)(C)C)cc1. The number of rotatable bonds is 7. The normalized spacial score (nSPS) is 12.8. The lowest BCUT2D eigenvalue weighted by molar-refractivity contribution is -0.117. The number of carbonyl (C=O) groups is 1. The van der Waals surface area contributed by atoms with Crippen molar-refractivity contribution in [1.82, 2.24) is 14.8 Å². The highest BCUT2D eigenvalue weighted by Crippen LogP contribution is 2.29. The Morgan fingerprint density at radius 3 is 2.44 bits per heavy atom. The van der Waals surface area contributed by atoms with Gasteiger partial charge in [-0.2, -0.15) is 0 Å². The third-order valence-electron chi connectivity index (χ3n) is 3.97. The van der Waals surface area contributed by atoms with E-state index in [0.717, 1.165) is 11.4 Å². The molecule has 1 heterocycles. The van der Waals surface area contributed by atoms with Crippen molar-refractivity contribution in [1.29, 1.82) is 0 Å². The fourth-order valence-corrected chi connectivity index (χ4v) is 3.39. The number of hydrogen-bond donors (Lipinski definition) is 1. The van der Waals surface area contributed by atoms with Crippen LogP contribution in [0.15, 0.2) is 42.1 Å². The van der Waals surface area contributed by atoms with Crippen molar-refractivity contribution in [2.45, 2.75) is 56.5 Å². The molecule has 1 aromatic heterocycles. The van der Waals surface area contributed by atoms with Gasteiger partial charge in [0.05, 0.1) is 5.25 Å². The van der Waals surface area contributed by atoms with Crippen molar-refractivity contribution in [2.75, 3.05) is 0 Å². The van der Waals surface area contributed by atoms with Gasteiger partial charge in [0.2, 0.25) is 5.91 Å². The number of amides is 1. The van der Waals surface area contributed by atoms with Crippen LogP contribution in [0.1, 0.15) is 39.7 Å².